The third-order valence-corrected chi connectivity index (χ3v) is 2.10. The maximum atomic E-state index is 4.38. The second-order valence-corrected chi connectivity index (χ2v) is 4.61. The van der Waals surface area contributed by atoms with E-state index in [-0.39, 0.29) is 0 Å². The van der Waals surface area contributed by atoms with Gasteiger partial charge in [0.05, 0.1) is 5.69 Å². The van der Waals surface area contributed by atoms with Gasteiger partial charge in [0.1, 0.15) is 0 Å². The summed E-state index contributed by atoms with van der Waals surface area (Å²) in [5, 5.41) is 4.38. The smallest absolute Gasteiger partial charge is 0.155 e. The Morgan fingerprint density at radius 2 is 2.46 bits per heavy atom. The molecule has 3 nitrogen and oxygen atoms in total. The standard InChI is InChI=1S/C9H10BrN3/c1-7(10)5-8-6-9-11-3-2-4-13(9)12-8/h2-4,6-7H,5H2,1H3. The monoisotopic (exact) mass is 239 g/mol. The lowest BCUT2D eigenvalue weighted by atomic mass is 10.2. The van der Waals surface area contributed by atoms with Crippen LogP contribution in [0.2, 0.25) is 0 Å². The van der Waals surface area contributed by atoms with Crippen LogP contribution in [0.15, 0.2) is 24.5 Å². The average Bonchev–Trinajstić information content (AvgIpc) is 2.44. The lowest BCUT2D eigenvalue weighted by Gasteiger charge is -1.95. The van der Waals surface area contributed by atoms with E-state index in [1.54, 1.807) is 10.7 Å². The van der Waals surface area contributed by atoms with Crippen molar-refractivity contribution in [3.8, 4) is 0 Å². The number of fused-ring (bicyclic) bond motifs is 1. The van der Waals surface area contributed by atoms with Gasteiger partial charge in [0.25, 0.3) is 0 Å². The predicted molar refractivity (Wildman–Crippen MR) is 55.1 cm³/mol. The molecular formula is C9H10BrN3. The highest BCUT2D eigenvalue weighted by Crippen LogP contribution is 2.09. The number of hydrogen-bond donors (Lipinski definition) is 0. The Balaban J connectivity index is 2.38. The molecule has 0 aliphatic rings. The van der Waals surface area contributed by atoms with Crippen molar-refractivity contribution < 1.29 is 0 Å². The second kappa shape index (κ2) is 3.46. The number of halogens is 1. The van der Waals surface area contributed by atoms with E-state index in [1.807, 2.05) is 18.3 Å². The van der Waals surface area contributed by atoms with Crippen LogP contribution in [0, 0.1) is 0 Å². The van der Waals surface area contributed by atoms with Crippen LogP contribution in [0.4, 0.5) is 0 Å². The summed E-state index contributed by atoms with van der Waals surface area (Å²) >= 11 is 3.50. The van der Waals surface area contributed by atoms with Crippen molar-refractivity contribution in [3.05, 3.63) is 30.2 Å². The van der Waals surface area contributed by atoms with Gasteiger partial charge in [-0.25, -0.2) is 9.50 Å². The van der Waals surface area contributed by atoms with Crippen LogP contribution in [0.1, 0.15) is 12.6 Å². The van der Waals surface area contributed by atoms with E-state index in [1.165, 1.54) is 0 Å². The molecule has 2 aromatic heterocycles. The van der Waals surface area contributed by atoms with Crippen molar-refractivity contribution in [1.82, 2.24) is 14.6 Å². The summed E-state index contributed by atoms with van der Waals surface area (Å²) in [7, 11) is 0. The van der Waals surface area contributed by atoms with Gasteiger partial charge in [-0.1, -0.05) is 22.9 Å². The van der Waals surface area contributed by atoms with Gasteiger partial charge in [-0.05, 0) is 6.07 Å². The summed E-state index contributed by atoms with van der Waals surface area (Å²) in [6, 6.07) is 3.89. The largest absolute Gasteiger partial charge is 0.237 e. The van der Waals surface area contributed by atoms with Crippen LogP contribution in [0.5, 0.6) is 0 Å². The first kappa shape index (κ1) is 8.69. The zero-order valence-corrected chi connectivity index (χ0v) is 8.90. The van der Waals surface area contributed by atoms with E-state index >= 15 is 0 Å². The van der Waals surface area contributed by atoms with E-state index in [2.05, 4.69) is 32.9 Å². The molecule has 0 aliphatic heterocycles. The van der Waals surface area contributed by atoms with E-state index in [0.717, 1.165) is 17.8 Å². The maximum Gasteiger partial charge on any atom is 0.155 e. The fraction of sp³-hybridized carbons (Fsp3) is 0.333. The number of hydrogen-bond acceptors (Lipinski definition) is 2. The molecule has 0 saturated heterocycles. The third kappa shape index (κ3) is 1.88. The average molecular weight is 240 g/mol. The summed E-state index contributed by atoms with van der Waals surface area (Å²) in [6.07, 6.45) is 4.62. The fourth-order valence-electron chi connectivity index (χ4n) is 1.27. The normalized spacial score (nSPS) is 13.4. The van der Waals surface area contributed by atoms with Crippen molar-refractivity contribution in [2.24, 2.45) is 0 Å². The van der Waals surface area contributed by atoms with E-state index in [4.69, 9.17) is 0 Å². The molecule has 4 heteroatoms. The first-order valence-electron chi connectivity index (χ1n) is 4.19. The van der Waals surface area contributed by atoms with Gasteiger partial charge in [0.2, 0.25) is 0 Å². The summed E-state index contributed by atoms with van der Waals surface area (Å²) in [6.45, 7) is 2.11. The number of alkyl halides is 1. The van der Waals surface area contributed by atoms with E-state index in [0.29, 0.717) is 4.83 Å². The molecule has 2 rings (SSSR count). The zero-order valence-electron chi connectivity index (χ0n) is 7.31. The minimum atomic E-state index is 0.456. The van der Waals surface area contributed by atoms with Crippen LogP contribution < -0.4 is 0 Å². The Labute approximate surface area is 84.9 Å². The molecule has 0 fully saturated rings. The van der Waals surface area contributed by atoms with Crippen molar-refractivity contribution >= 4 is 21.6 Å². The Bertz CT molecular complexity index is 375. The molecule has 2 aromatic rings. The Morgan fingerprint density at radius 1 is 1.62 bits per heavy atom. The molecule has 0 amide bonds. The number of rotatable bonds is 2. The van der Waals surface area contributed by atoms with Crippen molar-refractivity contribution in [2.45, 2.75) is 18.2 Å². The van der Waals surface area contributed by atoms with Crippen LogP contribution in [0.25, 0.3) is 5.65 Å². The van der Waals surface area contributed by atoms with Crippen molar-refractivity contribution in [1.29, 1.82) is 0 Å². The van der Waals surface area contributed by atoms with E-state index in [9.17, 15) is 0 Å². The minimum Gasteiger partial charge on any atom is -0.237 e. The number of nitrogens with zero attached hydrogens (tertiary/aromatic N) is 3. The molecule has 0 spiro atoms. The molecule has 0 aliphatic carbocycles. The predicted octanol–water partition coefficient (Wildman–Crippen LogP) is 2.06. The Kier molecular flexibility index (Phi) is 2.31. The number of aromatic nitrogens is 3. The first-order valence-corrected chi connectivity index (χ1v) is 5.10. The quantitative estimate of drug-likeness (QED) is 0.752. The Hall–Kier alpha value is -0.900. The zero-order chi connectivity index (χ0) is 9.26. The van der Waals surface area contributed by atoms with Crippen molar-refractivity contribution in [2.75, 3.05) is 0 Å². The van der Waals surface area contributed by atoms with Crippen LogP contribution >= 0.6 is 15.9 Å². The van der Waals surface area contributed by atoms with Crippen molar-refractivity contribution in [3.63, 3.8) is 0 Å². The highest BCUT2D eigenvalue weighted by Gasteiger charge is 2.04. The van der Waals surface area contributed by atoms with Crippen LogP contribution in [-0.2, 0) is 6.42 Å². The minimum absolute atomic E-state index is 0.456. The lowest BCUT2D eigenvalue weighted by Crippen LogP contribution is -1.97. The van der Waals surface area contributed by atoms with Gasteiger partial charge in [0.15, 0.2) is 5.65 Å². The molecule has 0 aromatic carbocycles. The molecule has 0 saturated carbocycles. The summed E-state index contributed by atoms with van der Waals surface area (Å²) < 4.78 is 1.80. The first-order chi connectivity index (χ1) is 6.25. The third-order valence-electron chi connectivity index (χ3n) is 1.78. The highest BCUT2D eigenvalue weighted by molar-refractivity contribution is 9.09. The van der Waals surface area contributed by atoms with Gasteiger partial charge in [-0.15, -0.1) is 0 Å². The molecule has 1 unspecified atom stereocenters. The molecule has 2 heterocycles. The molecule has 1 atom stereocenters. The SMILES string of the molecule is CC(Br)Cc1cc2ncccn2n1. The van der Waals surface area contributed by atoms with Gasteiger partial charge in [0, 0.05) is 29.7 Å². The van der Waals surface area contributed by atoms with E-state index < -0.39 is 0 Å². The molecular weight excluding hydrogens is 230 g/mol. The van der Waals surface area contributed by atoms with Crippen LogP contribution in [-0.4, -0.2) is 19.4 Å². The highest BCUT2D eigenvalue weighted by atomic mass is 79.9. The van der Waals surface area contributed by atoms with Gasteiger partial charge >= 0.3 is 0 Å². The molecule has 13 heavy (non-hydrogen) atoms. The van der Waals surface area contributed by atoms with Gasteiger partial charge < -0.3 is 0 Å². The summed E-state index contributed by atoms with van der Waals surface area (Å²) in [5.74, 6) is 0. The molecule has 0 radical (unpaired) electrons. The topological polar surface area (TPSA) is 30.2 Å². The molecule has 0 bridgehead atoms. The van der Waals surface area contributed by atoms with Gasteiger partial charge in [-0.3, -0.25) is 0 Å². The molecule has 0 N–H and O–H groups in total. The lowest BCUT2D eigenvalue weighted by molar-refractivity contribution is 0.849. The summed E-state index contributed by atoms with van der Waals surface area (Å²) in [4.78, 5) is 4.65. The fourth-order valence-corrected chi connectivity index (χ4v) is 1.60. The second-order valence-electron chi connectivity index (χ2n) is 3.04. The Morgan fingerprint density at radius 3 is 3.15 bits per heavy atom. The maximum absolute atomic E-state index is 4.38. The van der Waals surface area contributed by atoms with Crippen LogP contribution in [0.3, 0.4) is 0 Å². The van der Waals surface area contributed by atoms with Gasteiger partial charge in [-0.2, -0.15) is 5.10 Å². The molecule has 68 valence electrons. The summed E-state index contributed by atoms with van der Waals surface area (Å²) in [5.41, 5.74) is 1.98.